The average Bonchev–Trinajstić information content (AvgIpc) is 2.60. The molecule has 0 radical (unpaired) electrons. The molecule has 1 heterocycles. The van der Waals surface area contributed by atoms with Crippen molar-refractivity contribution >= 4 is 5.84 Å². The molecule has 1 aromatic carbocycles. The fraction of sp³-hybridized carbons (Fsp3) is 0.500. The minimum absolute atomic E-state index is 0.264. The Labute approximate surface area is 103 Å². The van der Waals surface area contributed by atoms with Crippen molar-refractivity contribution in [3.8, 4) is 0 Å². The summed E-state index contributed by atoms with van der Waals surface area (Å²) in [7, 11) is 0. The highest BCUT2D eigenvalue weighted by atomic mass is 16.3. The predicted octanol–water partition coefficient (Wildman–Crippen LogP) is 2.06. The normalized spacial score (nSPS) is 20.6. The second kappa shape index (κ2) is 4.49. The Balaban J connectivity index is 2.15. The molecule has 1 N–H and O–H groups in total. The molecule has 1 aliphatic heterocycles. The molecule has 1 atom stereocenters. The standard InChI is InChI=1S/C14H20N2O/c1-11-9-16(13(15-11)14(2,3)17)10-12-7-5-4-6-8-12/h4-8,11,17H,9-10H2,1-3H3/t11-/m0/s1. The number of aliphatic hydroxyl groups is 1. The van der Waals surface area contributed by atoms with Crippen LogP contribution in [0.2, 0.25) is 0 Å². The fourth-order valence-electron chi connectivity index (χ4n) is 2.22. The highest BCUT2D eigenvalue weighted by Gasteiger charge is 2.32. The van der Waals surface area contributed by atoms with E-state index in [2.05, 4.69) is 28.9 Å². The summed E-state index contributed by atoms with van der Waals surface area (Å²) < 4.78 is 0. The highest BCUT2D eigenvalue weighted by molar-refractivity contribution is 5.91. The first kappa shape index (κ1) is 12.1. The van der Waals surface area contributed by atoms with E-state index < -0.39 is 5.60 Å². The molecule has 1 aliphatic rings. The Hall–Kier alpha value is -1.35. The summed E-state index contributed by atoms with van der Waals surface area (Å²) in [4.78, 5) is 6.70. The van der Waals surface area contributed by atoms with E-state index in [0.29, 0.717) is 0 Å². The first-order valence-corrected chi connectivity index (χ1v) is 6.06. The van der Waals surface area contributed by atoms with Gasteiger partial charge >= 0.3 is 0 Å². The van der Waals surface area contributed by atoms with Crippen LogP contribution in [0, 0.1) is 0 Å². The summed E-state index contributed by atoms with van der Waals surface area (Å²) in [5.74, 6) is 0.800. The number of hydrogen-bond acceptors (Lipinski definition) is 3. The summed E-state index contributed by atoms with van der Waals surface area (Å²) in [6, 6.07) is 10.6. The van der Waals surface area contributed by atoms with Crippen LogP contribution < -0.4 is 0 Å². The predicted molar refractivity (Wildman–Crippen MR) is 70.0 cm³/mol. The van der Waals surface area contributed by atoms with Gasteiger partial charge in [-0.25, -0.2) is 0 Å². The molecule has 1 aromatic rings. The molecule has 0 spiro atoms. The van der Waals surface area contributed by atoms with Gasteiger partial charge in [0.05, 0.1) is 6.04 Å². The smallest absolute Gasteiger partial charge is 0.131 e. The molecular weight excluding hydrogens is 212 g/mol. The first-order valence-electron chi connectivity index (χ1n) is 6.06. The molecule has 0 unspecified atom stereocenters. The number of hydrogen-bond donors (Lipinski definition) is 1. The minimum atomic E-state index is -0.862. The fourth-order valence-corrected chi connectivity index (χ4v) is 2.22. The van der Waals surface area contributed by atoms with Crippen molar-refractivity contribution < 1.29 is 5.11 Å². The maximum atomic E-state index is 10.1. The third-order valence-electron chi connectivity index (χ3n) is 2.89. The Morgan fingerprint density at radius 3 is 2.59 bits per heavy atom. The van der Waals surface area contributed by atoms with Gasteiger partial charge in [-0.15, -0.1) is 0 Å². The van der Waals surface area contributed by atoms with Crippen LogP contribution in [0.3, 0.4) is 0 Å². The Kier molecular flexibility index (Phi) is 3.20. The molecule has 92 valence electrons. The van der Waals surface area contributed by atoms with E-state index in [1.807, 2.05) is 18.2 Å². The molecule has 0 amide bonds. The molecule has 0 aromatic heterocycles. The quantitative estimate of drug-likeness (QED) is 0.866. The van der Waals surface area contributed by atoms with E-state index in [9.17, 15) is 5.11 Å². The van der Waals surface area contributed by atoms with Gasteiger partial charge < -0.3 is 10.0 Å². The van der Waals surface area contributed by atoms with Crippen molar-refractivity contribution in [2.45, 2.75) is 39.0 Å². The summed E-state index contributed by atoms with van der Waals surface area (Å²) in [6.07, 6.45) is 0. The second-order valence-electron chi connectivity index (χ2n) is 5.23. The van der Waals surface area contributed by atoms with E-state index in [0.717, 1.165) is 18.9 Å². The lowest BCUT2D eigenvalue weighted by molar-refractivity contribution is 0.138. The van der Waals surface area contributed by atoms with Crippen LogP contribution in [0.25, 0.3) is 0 Å². The molecule has 3 heteroatoms. The number of aliphatic imine (C=N–C) groups is 1. The van der Waals surface area contributed by atoms with Crippen LogP contribution in [0.4, 0.5) is 0 Å². The summed E-state index contributed by atoms with van der Waals surface area (Å²) in [6.45, 7) is 7.36. The molecular formula is C14H20N2O. The zero-order chi connectivity index (χ0) is 12.5. The van der Waals surface area contributed by atoms with Crippen LogP contribution >= 0.6 is 0 Å². The van der Waals surface area contributed by atoms with Crippen LogP contribution in [0.1, 0.15) is 26.3 Å². The van der Waals surface area contributed by atoms with Gasteiger partial charge in [-0.2, -0.15) is 0 Å². The van der Waals surface area contributed by atoms with Crippen molar-refractivity contribution in [2.75, 3.05) is 6.54 Å². The monoisotopic (exact) mass is 232 g/mol. The number of nitrogens with zero attached hydrogens (tertiary/aromatic N) is 2. The van der Waals surface area contributed by atoms with Gasteiger partial charge in [0.15, 0.2) is 0 Å². The van der Waals surface area contributed by atoms with Gasteiger partial charge in [-0.3, -0.25) is 4.99 Å². The third kappa shape index (κ3) is 2.86. The molecule has 0 bridgehead atoms. The SMILES string of the molecule is C[C@H]1CN(Cc2ccccc2)C(C(C)(C)O)=N1. The average molecular weight is 232 g/mol. The van der Waals surface area contributed by atoms with Gasteiger partial charge in [-0.1, -0.05) is 30.3 Å². The van der Waals surface area contributed by atoms with Crippen molar-refractivity contribution in [1.82, 2.24) is 4.90 Å². The summed E-state index contributed by atoms with van der Waals surface area (Å²) in [5, 5.41) is 10.1. The van der Waals surface area contributed by atoms with Gasteiger partial charge in [0, 0.05) is 13.1 Å². The number of amidine groups is 1. The van der Waals surface area contributed by atoms with Crippen molar-refractivity contribution in [1.29, 1.82) is 0 Å². The van der Waals surface area contributed by atoms with Crippen LogP contribution in [0.15, 0.2) is 35.3 Å². The molecule has 17 heavy (non-hydrogen) atoms. The Morgan fingerprint density at radius 2 is 2.00 bits per heavy atom. The van der Waals surface area contributed by atoms with E-state index in [-0.39, 0.29) is 6.04 Å². The molecule has 2 rings (SSSR count). The van der Waals surface area contributed by atoms with E-state index in [4.69, 9.17) is 0 Å². The zero-order valence-corrected chi connectivity index (χ0v) is 10.7. The van der Waals surface area contributed by atoms with Crippen molar-refractivity contribution in [3.63, 3.8) is 0 Å². The third-order valence-corrected chi connectivity index (χ3v) is 2.89. The Morgan fingerprint density at radius 1 is 1.35 bits per heavy atom. The van der Waals surface area contributed by atoms with Crippen LogP contribution in [-0.2, 0) is 6.54 Å². The first-order chi connectivity index (χ1) is 7.97. The van der Waals surface area contributed by atoms with Gasteiger partial charge in [0.2, 0.25) is 0 Å². The lowest BCUT2D eigenvalue weighted by atomic mass is 10.1. The summed E-state index contributed by atoms with van der Waals surface area (Å²) >= 11 is 0. The van der Waals surface area contributed by atoms with Gasteiger partial charge in [-0.05, 0) is 26.3 Å². The number of rotatable bonds is 3. The topological polar surface area (TPSA) is 35.8 Å². The Bertz CT molecular complexity index is 406. The molecule has 0 saturated heterocycles. The lowest BCUT2D eigenvalue weighted by Crippen LogP contribution is -2.42. The van der Waals surface area contributed by atoms with E-state index in [1.54, 1.807) is 13.8 Å². The van der Waals surface area contributed by atoms with Crippen molar-refractivity contribution in [2.24, 2.45) is 4.99 Å². The number of benzene rings is 1. The van der Waals surface area contributed by atoms with E-state index in [1.165, 1.54) is 5.56 Å². The van der Waals surface area contributed by atoms with Crippen LogP contribution in [0.5, 0.6) is 0 Å². The molecule has 0 fully saturated rings. The van der Waals surface area contributed by atoms with E-state index >= 15 is 0 Å². The molecule has 0 saturated carbocycles. The van der Waals surface area contributed by atoms with Gasteiger partial charge in [0.1, 0.15) is 11.4 Å². The maximum Gasteiger partial charge on any atom is 0.131 e. The largest absolute Gasteiger partial charge is 0.383 e. The zero-order valence-electron chi connectivity index (χ0n) is 10.7. The maximum absolute atomic E-state index is 10.1. The minimum Gasteiger partial charge on any atom is -0.383 e. The van der Waals surface area contributed by atoms with Crippen LogP contribution in [-0.4, -0.2) is 34.0 Å². The molecule has 0 aliphatic carbocycles. The molecule has 3 nitrogen and oxygen atoms in total. The second-order valence-corrected chi connectivity index (χ2v) is 5.23. The highest BCUT2D eigenvalue weighted by Crippen LogP contribution is 2.20. The summed E-state index contributed by atoms with van der Waals surface area (Å²) in [5.41, 5.74) is 0.387. The lowest BCUT2D eigenvalue weighted by Gasteiger charge is -2.28. The van der Waals surface area contributed by atoms with Gasteiger partial charge in [0.25, 0.3) is 0 Å². The van der Waals surface area contributed by atoms with Crippen molar-refractivity contribution in [3.05, 3.63) is 35.9 Å².